The fraction of sp³-hybridized carbons (Fsp3) is 0. The molecule has 0 atom stereocenters. The molecule has 3 heteroatoms. The molecule has 0 aliphatic carbocycles. The van der Waals surface area contributed by atoms with Crippen molar-refractivity contribution >= 4 is 23.1 Å². The van der Waals surface area contributed by atoms with Gasteiger partial charge in [-0.3, -0.25) is 0 Å². The van der Waals surface area contributed by atoms with Crippen LogP contribution in [0.1, 0.15) is 0 Å². The molecule has 0 nitrogen and oxygen atoms in total. The molecule has 0 unspecified atom stereocenters. The zero-order valence-electron chi connectivity index (χ0n) is 4.77. The van der Waals surface area contributed by atoms with E-state index in [0.717, 1.165) is 0 Å². The molecule has 0 aliphatic heterocycles. The molecule has 1 aromatic rings. The van der Waals surface area contributed by atoms with E-state index in [1.807, 2.05) is 0 Å². The van der Waals surface area contributed by atoms with E-state index >= 15 is 0 Å². The van der Waals surface area contributed by atoms with Crippen LogP contribution in [-0.2, 0) is 0 Å². The molecule has 0 fully saturated rings. The Kier molecular flexibility index (Phi) is 8.77. The maximum atomic E-state index is 11.9. The maximum Gasteiger partial charge on any atom is 2.00 e. The zero-order valence-corrected chi connectivity index (χ0v) is 7.77. The van der Waals surface area contributed by atoms with Crippen LogP contribution in [0, 0.1) is 11.9 Å². The van der Waals surface area contributed by atoms with Crippen molar-refractivity contribution in [1.29, 1.82) is 0 Å². The van der Waals surface area contributed by atoms with Crippen molar-refractivity contribution in [1.82, 2.24) is 0 Å². The first-order valence-electron chi connectivity index (χ1n) is 2.01. The van der Waals surface area contributed by atoms with Gasteiger partial charge in [0.05, 0.1) is 0 Å². The van der Waals surface area contributed by atoms with Crippen LogP contribution >= 0.6 is 0 Å². The summed E-state index contributed by atoms with van der Waals surface area (Å²) in [6.45, 7) is 0. The molecule has 1 aromatic carbocycles. The number of halogens is 2. The van der Waals surface area contributed by atoms with E-state index < -0.39 is 0 Å². The molecule has 0 heterocycles. The van der Waals surface area contributed by atoms with Gasteiger partial charge in [0.1, 0.15) is 0 Å². The average molecular weight is 199 g/mol. The largest absolute Gasteiger partial charge is 2.00 e. The standard InChI is InChI=1S/C6H4F.BrH.Mg/c7-6-4-2-1-3-5-6;;/h2-5H;1H;/q-1;;+2/p-1. The first-order chi connectivity index (χ1) is 3.39. The monoisotopic (exact) mass is 198 g/mol. The normalized spacial score (nSPS) is 6.78. The van der Waals surface area contributed by atoms with Crippen LogP contribution in [0.2, 0.25) is 0 Å². The van der Waals surface area contributed by atoms with E-state index in [4.69, 9.17) is 0 Å². The van der Waals surface area contributed by atoms with Crippen LogP contribution in [0.5, 0.6) is 0 Å². The Morgan fingerprint density at radius 3 is 1.89 bits per heavy atom. The van der Waals surface area contributed by atoms with Crippen molar-refractivity contribution < 1.29 is 21.4 Å². The summed E-state index contributed by atoms with van der Waals surface area (Å²) < 4.78 is 11.9. The Morgan fingerprint density at radius 2 is 1.67 bits per heavy atom. The summed E-state index contributed by atoms with van der Waals surface area (Å²) in [4.78, 5) is 0. The molecule has 1 rings (SSSR count). The average Bonchev–Trinajstić information content (AvgIpc) is 1.69. The third-order valence-electron chi connectivity index (χ3n) is 0.678. The first-order valence-corrected chi connectivity index (χ1v) is 2.01. The van der Waals surface area contributed by atoms with Gasteiger partial charge in [0, 0.05) is 5.82 Å². The number of rotatable bonds is 0. The summed E-state index contributed by atoms with van der Waals surface area (Å²) in [5.41, 5.74) is 0. The van der Waals surface area contributed by atoms with Crippen molar-refractivity contribution in [2.24, 2.45) is 0 Å². The third kappa shape index (κ3) is 4.87. The van der Waals surface area contributed by atoms with Gasteiger partial charge in [-0.2, -0.15) is 18.2 Å². The van der Waals surface area contributed by atoms with E-state index in [1.165, 1.54) is 24.3 Å². The van der Waals surface area contributed by atoms with Crippen LogP contribution in [0.3, 0.4) is 0 Å². The Bertz CT molecular complexity index is 143. The van der Waals surface area contributed by atoms with E-state index in [-0.39, 0.29) is 45.9 Å². The molecule has 44 valence electrons. The van der Waals surface area contributed by atoms with Gasteiger partial charge in [0.2, 0.25) is 0 Å². The van der Waals surface area contributed by atoms with Gasteiger partial charge in [-0.25, -0.2) is 4.39 Å². The summed E-state index contributed by atoms with van der Waals surface area (Å²) in [5, 5.41) is 0. The van der Waals surface area contributed by atoms with E-state index in [1.54, 1.807) is 0 Å². The fourth-order valence-corrected chi connectivity index (χ4v) is 0.367. The first kappa shape index (κ1) is 12.1. The predicted octanol–water partition coefficient (Wildman–Crippen LogP) is -1.75. The molecule has 0 aromatic heterocycles. The number of benzene rings is 1. The van der Waals surface area contributed by atoms with Crippen LogP contribution in [-0.4, -0.2) is 23.1 Å². The third-order valence-corrected chi connectivity index (χ3v) is 0.678. The Balaban J connectivity index is 0. The SMILES string of the molecule is Fc1cc[c-]cc1.[Br-].[Mg+2]. The zero-order chi connectivity index (χ0) is 5.11. The van der Waals surface area contributed by atoms with Crippen molar-refractivity contribution in [2.45, 2.75) is 0 Å². The van der Waals surface area contributed by atoms with Crippen LogP contribution in [0.4, 0.5) is 4.39 Å². The quantitative estimate of drug-likeness (QED) is 0.343. The van der Waals surface area contributed by atoms with Crippen LogP contribution < -0.4 is 17.0 Å². The summed E-state index contributed by atoms with van der Waals surface area (Å²) in [5.74, 6) is -0.209. The molecule has 9 heavy (non-hydrogen) atoms. The topological polar surface area (TPSA) is 0 Å². The van der Waals surface area contributed by atoms with E-state index in [2.05, 4.69) is 6.07 Å². The minimum absolute atomic E-state index is 0. The van der Waals surface area contributed by atoms with Gasteiger partial charge in [-0.05, 0) is 0 Å². The Hall–Kier alpha value is 0.396. The Morgan fingerprint density at radius 1 is 1.22 bits per heavy atom. The smallest absolute Gasteiger partial charge is 1.00 e. The van der Waals surface area contributed by atoms with E-state index in [0.29, 0.717) is 0 Å². The molecule has 0 radical (unpaired) electrons. The van der Waals surface area contributed by atoms with E-state index in [9.17, 15) is 4.39 Å². The van der Waals surface area contributed by atoms with Gasteiger partial charge < -0.3 is 17.0 Å². The molecule has 0 spiro atoms. The van der Waals surface area contributed by atoms with Crippen molar-refractivity contribution in [3.05, 3.63) is 36.1 Å². The summed E-state index contributed by atoms with van der Waals surface area (Å²) in [6, 6.07) is 8.49. The molecular weight excluding hydrogens is 195 g/mol. The molecular formula is C6H4BrFMg. The minimum Gasteiger partial charge on any atom is -1.00 e. The summed E-state index contributed by atoms with van der Waals surface area (Å²) in [7, 11) is 0. The Labute approximate surface area is 80.4 Å². The molecule has 0 amide bonds. The van der Waals surface area contributed by atoms with Crippen LogP contribution in [0.25, 0.3) is 0 Å². The molecule has 0 bridgehead atoms. The van der Waals surface area contributed by atoms with Crippen molar-refractivity contribution in [2.75, 3.05) is 0 Å². The van der Waals surface area contributed by atoms with Crippen LogP contribution in [0.15, 0.2) is 24.3 Å². The van der Waals surface area contributed by atoms with Gasteiger partial charge in [0.15, 0.2) is 0 Å². The van der Waals surface area contributed by atoms with Crippen molar-refractivity contribution in [3.63, 3.8) is 0 Å². The predicted molar refractivity (Wildman–Crippen MR) is 31.0 cm³/mol. The summed E-state index contributed by atoms with van der Waals surface area (Å²) in [6.07, 6.45) is 0. The maximum absolute atomic E-state index is 11.9. The minimum atomic E-state index is -0.209. The number of hydrogen-bond acceptors (Lipinski definition) is 0. The summed E-state index contributed by atoms with van der Waals surface area (Å²) >= 11 is 0. The molecule has 0 aliphatic rings. The van der Waals surface area contributed by atoms with Crippen molar-refractivity contribution in [3.8, 4) is 0 Å². The second-order valence-electron chi connectivity index (χ2n) is 1.22. The molecule has 0 saturated heterocycles. The second-order valence-corrected chi connectivity index (χ2v) is 1.22. The number of hydrogen-bond donors (Lipinski definition) is 0. The second kappa shape index (κ2) is 6.52. The molecule has 0 saturated carbocycles. The molecule has 0 N–H and O–H groups in total. The van der Waals surface area contributed by atoms with Gasteiger partial charge in [-0.15, -0.1) is 12.1 Å². The van der Waals surface area contributed by atoms with Gasteiger partial charge in [0.25, 0.3) is 0 Å². The van der Waals surface area contributed by atoms with Gasteiger partial charge >= 0.3 is 23.1 Å². The fourth-order valence-electron chi connectivity index (χ4n) is 0.367. The van der Waals surface area contributed by atoms with Gasteiger partial charge in [-0.1, -0.05) is 0 Å².